The number of benzene rings is 3. The second kappa shape index (κ2) is 9.35. The summed E-state index contributed by atoms with van der Waals surface area (Å²) in [5.74, 6) is 0.796. The smallest absolute Gasteiger partial charge is 0.277 e. The molecule has 0 atom stereocenters. The molecule has 8 nitrogen and oxygen atoms in total. The average Bonchev–Trinajstić information content (AvgIpc) is 3.38. The number of thioether (sulfide) groups is 1. The van der Waals surface area contributed by atoms with E-state index < -0.39 is 0 Å². The molecular formula is C27H20N6O2S. The molecule has 0 radical (unpaired) electrons. The largest absolute Gasteiger partial charge is 0.409 e. The average molecular weight is 493 g/mol. The minimum Gasteiger partial charge on any atom is -0.409 e. The summed E-state index contributed by atoms with van der Waals surface area (Å²) in [4.78, 5) is 22.5. The van der Waals surface area contributed by atoms with Gasteiger partial charge in [0, 0.05) is 11.1 Å². The lowest BCUT2D eigenvalue weighted by molar-refractivity contribution is 0.462. The molecule has 0 bridgehead atoms. The summed E-state index contributed by atoms with van der Waals surface area (Å²) in [6, 6.07) is 24.9. The fourth-order valence-corrected chi connectivity index (χ4v) is 4.78. The Morgan fingerprint density at radius 1 is 0.833 bits per heavy atom. The van der Waals surface area contributed by atoms with E-state index in [1.807, 2.05) is 79.7 Å². The van der Waals surface area contributed by atoms with Crippen LogP contribution in [0.5, 0.6) is 0 Å². The van der Waals surface area contributed by atoms with E-state index in [1.165, 1.54) is 16.4 Å². The van der Waals surface area contributed by atoms with Gasteiger partial charge < -0.3 is 4.42 Å². The third kappa shape index (κ3) is 4.25. The number of hydrogen-bond donors (Lipinski definition) is 0. The van der Waals surface area contributed by atoms with E-state index in [1.54, 1.807) is 6.07 Å². The quantitative estimate of drug-likeness (QED) is 0.298. The molecule has 6 aromatic rings. The Kier molecular flexibility index (Phi) is 5.74. The standard InChI is InChI=1S/C27H20N6O2S/c1-17-23(29-22-14-8-7-13-21(22)28-17)16-36-27-31-30-25(35-27)24-19-11-5-6-12-20(19)26(34)33(32-24)15-18-9-3-2-4-10-18/h2-14H,15-16H2,1H3. The van der Waals surface area contributed by atoms with Gasteiger partial charge in [0.15, 0.2) is 5.69 Å². The first kappa shape index (κ1) is 22.1. The number of nitrogens with zero attached hydrogens (tertiary/aromatic N) is 6. The Hall–Kier alpha value is -4.37. The van der Waals surface area contributed by atoms with E-state index in [0.29, 0.717) is 34.0 Å². The van der Waals surface area contributed by atoms with Gasteiger partial charge in [0.05, 0.1) is 34.4 Å². The molecule has 9 heteroatoms. The van der Waals surface area contributed by atoms with Crippen LogP contribution in [0.25, 0.3) is 33.4 Å². The van der Waals surface area contributed by atoms with Crippen molar-refractivity contribution < 1.29 is 4.42 Å². The second-order valence-electron chi connectivity index (χ2n) is 8.25. The summed E-state index contributed by atoms with van der Waals surface area (Å²) in [5, 5.41) is 14.7. The molecule has 3 heterocycles. The van der Waals surface area contributed by atoms with E-state index in [2.05, 4.69) is 20.3 Å². The maximum absolute atomic E-state index is 13.1. The Morgan fingerprint density at radius 3 is 2.33 bits per heavy atom. The number of aryl methyl sites for hydroxylation is 1. The SMILES string of the molecule is Cc1nc2ccccc2nc1CSc1nnc(-c2nn(Cc3ccccc3)c(=O)c3ccccc23)o1. The Balaban J connectivity index is 1.32. The van der Waals surface area contributed by atoms with Crippen LogP contribution in [-0.2, 0) is 12.3 Å². The van der Waals surface area contributed by atoms with E-state index in [0.717, 1.165) is 28.0 Å². The van der Waals surface area contributed by atoms with Crippen LogP contribution < -0.4 is 5.56 Å². The van der Waals surface area contributed by atoms with Gasteiger partial charge in [-0.05, 0) is 30.7 Å². The summed E-state index contributed by atoms with van der Waals surface area (Å²) in [6.07, 6.45) is 0. The fraction of sp³-hybridized carbons (Fsp3) is 0.111. The molecular weight excluding hydrogens is 472 g/mol. The normalized spacial score (nSPS) is 11.4. The van der Waals surface area contributed by atoms with Crippen molar-refractivity contribution in [3.8, 4) is 11.6 Å². The summed E-state index contributed by atoms with van der Waals surface area (Å²) < 4.78 is 7.43. The molecule has 0 N–H and O–H groups in total. The molecule has 0 aliphatic carbocycles. The van der Waals surface area contributed by atoms with Crippen LogP contribution in [-0.4, -0.2) is 29.9 Å². The molecule has 3 aromatic heterocycles. The van der Waals surface area contributed by atoms with Crippen molar-refractivity contribution >= 4 is 33.6 Å². The number of hydrogen-bond acceptors (Lipinski definition) is 8. The van der Waals surface area contributed by atoms with Crippen molar-refractivity contribution in [3.63, 3.8) is 0 Å². The Labute approximate surface area is 210 Å². The van der Waals surface area contributed by atoms with Gasteiger partial charge in [0.1, 0.15) is 0 Å². The molecule has 0 spiro atoms. The lowest BCUT2D eigenvalue weighted by atomic mass is 10.1. The topological polar surface area (TPSA) is 99.6 Å². The Bertz CT molecular complexity index is 1760. The fourth-order valence-electron chi connectivity index (χ4n) is 4.01. The number of para-hydroxylation sites is 2. The molecule has 0 aliphatic rings. The summed E-state index contributed by atoms with van der Waals surface area (Å²) in [6.45, 7) is 2.29. The minimum absolute atomic E-state index is 0.169. The highest BCUT2D eigenvalue weighted by molar-refractivity contribution is 7.98. The zero-order chi connectivity index (χ0) is 24.5. The molecule has 176 valence electrons. The molecule has 0 saturated heterocycles. The summed E-state index contributed by atoms with van der Waals surface area (Å²) in [7, 11) is 0. The van der Waals surface area contributed by atoms with Gasteiger partial charge in [0.25, 0.3) is 16.7 Å². The molecule has 3 aromatic carbocycles. The Morgan fingerprint density at radius 2 is 1.53 bits per heavy atom. The van der Waals surface area contributed by atoms with Crippen molar-refractivity contribution in [1.29, 1.82) is 0 Å². The van der Waals surface area contributed by atoms with Gasteiger partial charge in [-0.1, -0.05) is 72.4 Å². The highest BCUT2D eigenvalue weighted by Crippen LogP contribution is 2.28. The van der Waals surface area contributed by atoms with Gasteiger partial charge in [-0.2, -0.15) is 5.10 Å². The third-order valence-electron chi connectivity index (χ3n) is 5.83. The van der Waals surface area contributed by atoms with Crippen molar-refractivity contribution in [2.45, 2.75) is 24.4 Å². The number of aromatic nitrogens is 6. The third-order valence-corrected chi connectivity index (χ3v) is 6.66. The summed E-state index contributed by atoms with van der Waals surface area (Å²) >= 11 is 1.39. The first-order valence-corrected chi connectivity index (χ1v) is 12.4. The molecule has 6 rings (SSSR count). The van der Waals surface area contributed by atoms with E-state index in [9.17, 15) is 4.79 Å². The maximum atomic E-state index is 13.1. The van der Waals surface area contributed by atoms with Crippen LogP contribution in [0.15, 0.2) is 93.3 Å². The molecule has 0 unspecified atom stereocenters. The van der Waals surface area contributed by atoms with Crippen molar-refractivity contribution in [2.24, 2.45) is 0 Å². The van der Waals surface area contributed by atoms with Gasteiger partial charge in [-0.15, -0.1) is 10.2 Å². The van der Waals surface area contributed by atoms with E-state index in [4.69, 9.17) is 9.40 Å². The van der Waals surface area contributed by atoms with Crippen molar-refractivity contribution in [2.75, 3.05) is 0 Å². The first-order chi connectivity index (χ1) is 17.7. The molecule has 0 saturated carbocycles. The monoisotopic (exact) mass is 492 g/mol. The first-order valence-electron chi connectivity index (χ1n) is 11.4. The van der Waals surface area contributed by atoms with E-state index in [-0.39, 0.29) is 11.4 Å². The van der Waals surface area contributed by atoms with Gasteiger partial charge in [0.2, 0.25) is 0 Å². The maximum Gasteiger partial charge on any atom is 0.277 e. The van der Waals surface area contributed by atoms with Crippen LogP contribution in [0.1, 0.15) is 17.0 Å². The molecule has 0 amide bonds. The van der Waals surface area contributed by atoms with Crippen LogP contribution in [0.4, 0.5) is 0 Å². The predicted octanol–water partition coefficient (Wildman–Crippen LogP) is 5.04. The zero-order valence-corrected chi connectivity index (χ0v) is 20.1. The van der Waals surface area contributed by atoms with E-state index >= 15 is 0 Å². The lowest BCUT2D eigenvalue weighted by Crippen LogP contribution is -2.24. The number of rotatable bonds is 6. The second-order valence-corrected chi connectivity index (χ2v) is 9.18. The van der Waals surface area contributed by atoms with Crippen molar-refractivity contribution in [1.82, 2.24) is 29.9 Å². The number of fused-ring (bicyclic) bond motifs is 2. The van der Waals surface area contributed by atoms with Crippen LogP contribution in [0.2, 0.25) is 0 Å². The predicted molar refractivity (Wildman–Crippen MR) is 139 cm³/mol. The highest BCUT2D eigenvalue weighted by Gasteiger charge is 2.18. The minimum atomic E-state index is -0.169. The zero-order valence-electron chi connectivity index (χ0n) is 19.3. The molecule has 0 aliphatic heterocycles. The van der Waals surface area contributed by atoms with Gasteiger partial charge >= 0.3 is 0 Å². The highest BCUT2D eigenvalue weighted by atomic mass is 32.2. The molecule has 0 fully saturated rings. The van der Waals surface area contributed by atoms with Crippen LogP contribution in [0.3, 0.4) is 0 Å². The lowest BCUT2D eigenvalue weighted by Gasteiger charge is -2.09. The van der Waals surface area contributed by atoms with Gasteiger partial charge in [-0.3, -0.25) is 4.79 Å². The summed E-state index contributed by atoms with van der Waals surface area (Å²) in [5.41, 5.74) is 4.72. The molecule has 36 heavy (non-hydrogen) atoms. The van der Waals surface area contributed by atoms with Crippen molar-refractivity contribution in [3.05, 3.63) is 106 Å². The van der Waals surface area contributed by atoms with Gasteiger partial charge in [-0.25, -0.2) is 14.6 Å². The van der Waals surface area contributed by atoms with Crippen LogP contribution in [0, 0.1) is 6.92 Å². The van der Waals surface area contributed by atoms with Crippen LogP contribution >= 0.6 is 11.8 Å².